The summed E-state index contributed by atoms with van der Waals surface area (Å²) in [5.41, 5.74) is 4.35. The Hall–Kier alpha value is -3.65. The van der Waals surface area contributed by atoms with Crippen LogP contribution in [0.1, 0.15) is 35.2 Å². The molecule has 0 radical (unpaired) electrons. The molecule has 0 bridgehead atoms. The molecular formula is C31H33ClN4O3. The number of aliphatic hydroxyl groups is 1. The van der Waals surface area contributed by atoms with Gasteiger partial charge in [-0.2, -0.15) is 0 Å². The zero-order valence-corrected chi connectivity index (χ0v) is 22.6. The number of nitrogens with zero attached hydrogens (tertiary/aromatic N) is 3. The van der Waals surface area contributed by atoms with Crippen molar-refractivity contribution >= 4 is 17.7 Å². The third-order valence-corrected chi connectivity index (χ3v) is 7.69. The second kappa shape index (κ2) is 12.5. The van der Waals surface area contributed by atoms with E-state index >= 15 is 0 Å². The Kier molecular flexibility index (Phi) is 8.61. The van der Waals surface area contributed by atoms with Crippen LogP contribution < -0.4 is 10.1 Å². The lowest BCUT2D eigenvalue weighted by atomic mass is 9.68. The van der Waals surface area contributed by atoms with E-state index in [1.165, 1.54) is 11.1 Å². The van der Waals surface area contributed by atoms with E-state index in [0.29, 0.717) is 29.7 Å². The Balaban J connectivity index is 1.35. The summed E-state index contributed by atoms with van der Waals surface area (Å²) in [6.45, 7) is 2.76. The first-order chi connectivity index (χ1) is 19.1. The first-order valence-electron chi connectivity index (χ1n) is 13.3. The largest absolute Gasteiger partial charge is 0.414 e. The third kappa shape index (κ3) is 6.33. The fourth-order valence-corrected chi connectivity index (χ4v) is 5.51. The Morgan fingerprint density at radius 1 is 0.923 bits per heavy atom. The minimum Gasteiger partial charge on any atom is -0.395 e. The van der Waals surface area contributed by atoms with Gasteiger partial charge in [0.2, 0.25) is 5.88 Å². The first kappa shape index (κ1) is 26.9. The van der Waals surface area contributed by atoms with Gasteiger partial charge in [-0.15, -0.1) is 0 Å². The van der Waals surface area contributed by atoms with Gasteiger partial charge in [-0.05, 0) is 54.8 Å². The highest BCUT2D eigenvalue weighted by Gasteiger charge is 2.38. The van der Waals surface area contributed by atoms with E-state index in [2.05, 4.69) is 75.9 Å². The number of halogens is 1. The molecule has 1 aromatic heterocycles. The van der Waals surface area contributed by atoms with Gasteiger partial charge in [-0.1, -0.05) is 84.4 Å². The van der Waals surface area contributed by atoms with Crippen molar-refractivity contribution < 1.29 is 14.6 Å². The molecular weight excluding hydrogens is 512 g/mol. The normalized spacial score (nSPS) is 15.1. The van der Waals surface area contributed by atoms with Crippen LogP contribution in [0.4, 0.5) is 4.79 Å². The van der Waals surface area contributed by atoms with Gasteiger partial charge in [-0.3, -0.25) is 9.47 Å². The summed E-state index contributed by atoms with van der Waals surface area (Å²) >= 11 is 6.05. The van der Waals surface area contributed by atoms with Crippen molar-refractivity contribution in [3.63, 3.8) is 0 Å². The molecule has 4 aromatic rings. The summed E-state index contributed by atoms with van der Waals surface area (Å²) in [5.74, 6) is 0.406. The van der Waals surface area contributed by atoms with Gasteiger partial charge >= 0.3 is 6.09 Å². The highest BCUT2D eigenvalue weighted by atomic mass is 35.5. The van der Waals surface area contributed by atoms with Gasteiger partial charge in [0.05, 0.1) is 19.5 Å². The monoisotopic (exact) mass is 544 g/mol. The van der Waals surface area contributed by atoms with E-state index in [0.717, 1.165) is 31.5 Å². The van der Waals surface area contributed by atoms with Gasteiger partial charge in [0.25, 0.3) is 0 Å². The van der Waals surface area contributed by atoms with Crippen molar-refractivity contribution in [3.05, 3.63) is 119 Å². The number of likely N-dealkylation sites (tertiary alicyclic amines) is 1. The molecule has 0 spiro atoms. The molecule has 1 aliphatic rings. The van der Waals surface area contributed by atoms with Crippen molar-refractivity contribution in [2.45, 2.75) is 31.3 Å². The van der Waals surface area contributed by atoms with Gasteiger partial charge in [-0.25, -0.2) is 9.78 Å². The molecule has 202 valence electrons. The van der Waals surface area contributed by atoms with E-state index in [4.69, 9.17) is 21.4 Å². The number of carbonyl (C=O) groups excluding carboxylic acids is 1. The summed E-state index contributed by atoms with van der Waals surface area (Å²) in [4.78, 5) is 19.5. The summed E-state index contributed by atoms with van der Waals surface area (Å²) < 4.78 is 7.56. The molecule has 1 saturated heterocycles. The van der Waals surface area contributed by atoms with Crippen LogP contribution in [-0.2, 0) is 18.5 Å². The quantitative estimate of drug-likeness (QED) is 0.301. The Morgan fingerprint density at radius 3 is 2.13 bits per heavy atom. The zero-order chi connectivity index (χ0) is 27.1. The number of hydrogen-bond donors (Lipinski definition) is 2. The SMILES string of the molecule is O=C(NCCO)Oc1c(CN2CCC(c3ccccc3)(c3ccccc3)CC2)ncn1Cc1ccc(Cl)cc1. The highest BCUT2D eigenvalue weighted by molar-refractivity contribution is 6.30. The molecule has 3 aromatic carbocycles. The maximum Gasteiger partial charge on any atom is 0.414 e. The van der Waals surface area contributed by atoms with E-state index in [-0.39, 0.29) is 18.6 Å². The average Bonchev–Trinajstić information content (AvgIpc) is 3.34. The summed E-state index contributed by atoms with van der Waals surface area (Å²) in [6.07, 6.45) is 3.04. The zero-order valence-electron chi connectivity index (χ0n) is 21.8. The fraction of sp³-hybridized carbons (Fsp3) is 0.290. The van der Waals surface area contributed by atoms with Crippen LogP contribution in [0.5, 0.6) is 5.88 Å². The number of carbonyl (C=O) groups is 1. The topological polar surface area (TPSA) is 79.6 Å². The molecule has 0 aliphatic carbocycles. The summed E-state index contributed by atoms with van der Waals surface area (Å²) in [6, 6.07) is 29.1. The lowest BCUT2D eigenvalue weighted by Gasteiger charge is -2.42. The van der Waals surface area contributed by atoms with Crippen LogP contribution in [0.3, 0.4) is 0 Å². The van der Waals surface area contributed by atoms with E-state index in [1.54, 1.807) is 6.33 Å². The van der Waals surface area contributed by atoms with Crippen LogP contribution >= 0.6 is 11.6 Å². The predicted molar refractivity (Wildman–Crippen MR) is 152 cm³/mol. The van der Waals surface area contributed by atoms with Gasteiger partial charge in [0, 0.05) is 23.5 Å². The summed E-state index contributed by atoms with van der Waals surface area (Å²) in [7, 11) is 0. The molecule has 1 fully saturated rings. The molecule has 7 nitrogen and oxygen atoms in total. The Morgan fingerprint density at radius 2 is 1.54 bits per heavy atom. The number of imidazole rings is 1. The van der Waals surface area contributed by atoms with E-state index in [9.17, 15) is 4.79 Å². The van der Waals surface area contributed by atoms with Crippen molar-refractivity contribution in [2.75, 3.05) is 26.2 Å². The van der Waals surface area contributed by atoms with Gasteiger partial charge < -0.3 is 15.2 Å². The number of amides is 1. The third-order valence-electron chi connectivity index (χ3n) is 7.43. The van der Waals surface area contributed by atoms with Crippen molar-refractivity contribution in [1.29, 1.82) is 0 Å². The minimum absolute atomic E-state index is 0.0452. The van der Waals surface area contributed by atoms with Crippen LogP contribution in [0.25, 0.3) is 0 Å². The molecule has 0 saturated carbocycles. The van der Waals surface area contributed by atoms with Gasteiger partial charge in [0.15, 0.2) is 0 Å². The number of piperidine rings is 1. The molecule has 2 N–H and O–H groups in total. The standard InChI is InChI=1S/C31H33ClN4O3/c32-27-13-11-24(12-14-27)21-36-23-34-28(29(36)39-30(38)33-17-20-37)22-35-18-15-31(16-19-35,25-7-3-1-4-8-25)26-9-5-2-6-10-26/h1-14,23,37H,15-22H2,(H,33,38). The number of aromatic nitrogens is 2. The Bertz CT molecular complexity index is 1310. The predicted octanol–water partition coefficient (Wildman–Crippen LogP) is 5.25. The molecule has 1 amide bonds. The maximum absolute atomic E-state index is 12.4. The number of rotatable bonds is 9. The van der Waals surface area contributed by atoms with Gasteiger partial charge in [0.1, 0.15) is 5.69 Å². The minimum atomic E-state index is -0.617. The average molecular weight is 545 g/mol. The molecule has 2 heterocycles. The second-order valence-electron chi connectivity index (χ2n) is 9.88. The van der Waals surface area contributed by atoms with Crippen molar-refractivity contribution in [3.8, 4) is 5.88 Å². The molecule has 39 heavy (non-hydrogen) atoms. The smallest absolute Gasteiger partial charge is 0.395 e. The molecule has 0 atom stereocenters. The van der Waals surface area contributed by atoms with E-state index < -0.39 is 6.09 Å². The lowest BCUT2D eigenvalue weighted by Crippen LogP contribution is -2.43. The number of aliphatic hydroxyl groups excluding tert-OH is 1. The molecule has 8 heteroatoms. The number of hydrogen-bond acceptors (Lipinski definition) is 5. The van der Waals surface area contributed by atoms with Crippen LogP contribution in [-0.4, -0.2) is 51.9 Å². The maximum atomic E-state index is 12.4. The molecule has 0 unspecified atom stereocenters. The van der Waals surface area contributed by atoms with Crippen LogP contribution in [0.15, 0.2) is 91.3 Å². The van der Waals surface area contributed by atoms with E-state index in [1.807, 2.05) is 28.8 Å². The van der Waals surface area contributed by atoms with Crippen LogP contribution in [0, 0.1) is 0 Å². The van der Waals surface area contributed by atoms with Crippen molar-refractivity contribution in [2.24, 2.45) is 0 Å². The first-order valence-corrected chi connectivity index (χ1v) is 13.6. The van der Waals surface area contributed by atoms with Crippen molar-refractivity contribution in [1.82, 2.24) is 19.8 Å². The number of ether oxygens (including phenoxy) is 1. The lowest BCUT2D eigenvalue weighted by molar-refractivity contribution is 0.166. The molecule has 5 rings (SSSR count). The molecule has 1 aliphatic heterocycles. The fourth-order valence-electron chi connectivity index (χ4n) is 5.38. The highest BCUT2D eigenvalue weighted by Crippen LogP contribution is 2.42. The second-order valence-corrected chi connectivity index (χ2v) is 10.3. The number of nitrogens with one attached hydrogen (secondary N) is 1. The summed E-state index contributed by atoms with van der Waals surface area (Å²) in [5, 5.41) is 12.3. The Labute approximate surface area is 234 Å². The number of benzene rings is 3. The van der Waals surface area contributed by atoms with Crippen LogP contribution in [0.2, 0.25) is 5.02 Å².